The Labute approximate surface area is 157 Å². The van der Waals surface area contributed by atoms with Crippen LogP contribution in [0.3, 0.4) is 0 Å². The van der Waals surface area contributed by atoms with Crippen LogP contribution >= 0.6 is 0 Å². The second kappa shape index (κ2) is 9.17. The van der Waals surface area contributed by atoms with Crippen molar-refractivity contribution in [1.29, 1.82) is 0 Å². The molecule has 5 nitrogen and oxygen atoms in total. The van der Waals surface area contributed by atoms with E-state index in [0.717, 1.165) is 16.8 Å². The summed E-state index contributed by atoms with van der Waals surface area (Å²) in [7, 11) is 0. The van der Waals surface area contributed by atoms with Crippen LogP contribution in [0.1, 0.15) is 64.0 Å². The number of hydrogen-bond acceptors (Lipinski definition) is 3. The van der Waals surface area contributed by atoms with Gasteiger partial charge in [-0.3, -0.25) is 9.59 Å². The van der Waals surface area contributed by atoms with Gasteiger partial charge in [-0.05, 0) is 23.0 Å². The molecular weight excluding hydrogens is 328 g/mol. The molecule has 0 spiro atoms. The molecule has 1 aromatic carbocycles. The molecule has 144 valence electrons. The maximum absolute atomic E-state index is 12.5. The van der Waals surface area contributed by atoms with Gasteiger partial charge in [0.2, 0.25) is 11.8 Å². The summed E-state index contributed by atoms with van der Waals surface area (Å²) in [4.78, 5) is 28.6. The van der Waals surface area contributed by atoms with E-state index >= 15 is 0 Å². The van der Waals surface area contributed by atoms with E-state index in [1.54, 1.807) is 11.8 Å². The van der Waals surface area contributed by atoms with Crippen LogP contribution in [0.5, 0.6) is 0 Å². The first-order valence-electron chi connectivity index (χ1n) is 9.59. The fourth-order valence-electron chi connectivity index (χ4n) is 3.43. The van der Waals surface area contributed by atoms with Gasteiger partial charge < -0.3 is 14.5 Å². The molecule has 0 aliphatic carbocycles. The summed E-state index contributed by atoms with van der Waals surface area (Å²) in [5.41, 5.74) is 3.30. The van der Waals surface area contributed by atoms with E-state index in [-0.39, 0.29) is 11.8 Å². The molecule has 0 N–H and O–H groups in total. The smallest absolute Gasteiger partial charge is 0.224 e. The van der Waals surface area contributed by atoms with Crippen LogP contribution < -0.4 is 4.90 Å². The Balaban J connectivity index is 2.26. The van der Waals surface area contributed by atoms with Gasteiger partial charge in [-0.1, -0.05) is 45.9 Å². The van der Waals surface area contributed by atoms with Crippen molar-refractivity contribution in [2.45, 2.75) is 52.9 Å². The average Bonchev–Trinajstić information content (AvgIpc) is 2.61. The molecule has 1 aliphatic heterocycles. The fraction of sp³-hybridized carbons (Fsp3) is 0.619. The van der Waals surface area contributed by atoms with Crippen molar-refractivity contribution in [3.8, 4) is 0 Å². The van der Waals surface area contributed by atoms with Crippen molar-refractivity contribution >= 4 is 17.5 Å². The molecule has 0 saturated carbocycles. The molecule has 0 radical (unpaired) electrons. The lowest BCUT2D eigenvalue weighted by atomic mass is 9.91. The van der Waals surface area contributed by atoms with Crippen LogP contribution in [-0.2, 0) is 14.3 Å². The average molecular weight is 360 g/mol. The van der Waals surface area contributed by atoms with Crippen molar-refractivity contribution in [3.05, 3.63) is 29.3 Å². The summed E-state index contributed by atoms with van der Waals surface area (Å²) >= 11 is 0. The third-order valence-electron chi connectivity index (χ3n) is 4.91. The Morgan fingerprint density at radius 2 is 1.62 bits per heavy atom. The fourth-order valence-corrected chi connectivity index (χ4v) is 3.43. The Hall–Kier alpha value is -1.88. The Morgan fingerprint density at radius 1 is 1.08 bits per heavy atom. The van der Waals surface area contributed by atoms with E-state index in [4.69, 9.17) is 4.74 Å². The summed E-state index contributed by atoms with van der Waals surface area (Å²) in [5.74, 6) is 0.684. The summed E-state index contributed by atoms with van der Waals surface area (Å²) in [6.45, 7) is 13.0. The second-order valence-corrected chi connectivity index (χ2v) is 7.51. The molecule has 0 bridgehead atoms. The quantitative estimate of drug-likeness (QED) is 0.780. The van der Waals surface area contributed by atoms with Gasteiger partial charge in [0.15, 0.2) is 0 Å². The molecule has 0 unspecified atom stereocenters. The Kier molecular flexibility index (Phi) is 7.21. The van der Waals surface area contributed by atoms with Gasteiger partial charge in [-0.25, -0.2) is 0 Å². The van der Waals surface area contributed by atoms with Gasteiger partial charge in [0.25, 0.3) is 0 Å². The number of carbonyl (C=O) groups is 2. The molecule has 2 amide bonds. The van der Waals surface area contributed by atoms with Gasteiger partial charge in [-0.15, -0.1) is 0 Å². The first kappa shape index (κ1) is 20.4. The molecule has 1 aromatic rings. The van der Waals surface area contributed by atoms with Gasteiger partial charge >= 0.3 is 0 Å². The third kappa shape index (κ3) is 4.85. The first-order chi connectivity index (χ1) is 12.3. The normalized spacial score (nSPS) is 14.8. The van der Waals surface area contributed by atoms with E-state index in [1.807, 2.05) is 4.90 Å². The van der Waals surface area contributed by atoms with Crippen LogP contribution in [0.4, 0.5) is 5.69 Å². The number of amides is 2. The van der Waals surface area contributed by atoms with E-state index in [1.165, 1.54) is 0 Å². The predicted molar refractivity (Wildman–Crippen MR) is 105 cm³/mol. The molecule has 26 heavy (non-hydrogen) atoms. The number of nitrogens with zero attached hydrogens (tertiary/aromatic N) is 2. The van der Waals surface area contributed by atoms with Gasteiger partial charge in [-0.2, -0.15) is 0 Å². The highest BCUT2D eigenvalue weighted by Crippen LogP contribution is 2.35. The zero-order chi connectivity index (χ0) is 19.3. The maximum atomic E-state index is 12.5. The summed E-state index contributed by atoms with van der Waals surface area (Å²) in [6.07, 6.45) is 0.337. The van der Waals surface area contributed by atoms with Crippen molar-refractivity contribution in [2.24, 2.45) is 0 Å². The third-order valence-corrected chi connectivity index (χ3v) is 4.91. The van der Waals surface area contributed by atoms with Crippen molar-refractivity contribution in [1.82, 2.24) is 4.90 Å². The zero-order valence-corrected chi connectivity index (χ0v) is 16.7. The molecule has 1 heterocycles. The minimum absolute atomic E-state index is 0.0187. The second-order valence-electron chi connectivity index (χ2n) is 7.51. The molecule has 1 saturated heterocycles. The topological polar surface area (TPSA) is 49.9 Å². The molecule has 0 aromatic heterocycles. The number of benzene rings is 1. The van der Waals surface area contributed by atoms with Crippen LogP contribution in [-0.4, -0.2) is 49.6 Å². The number of anilines is 1. The van der Waals surface area contributed by atoms with Crippen LogP contribution in [0.2, 0.25) is 0 Å². The predicted octanol–water partition coefficient (Wildman–Crippen LogP) is 3.54. The Morgan fingerprint density at radius 3 is 2.08 bits per heavy atom. The maximum Gasteiger partial charge on any atom is 0.224 e. The van der Waals surface area contributed by atoms with Gasteiger partial charge in [0.05, 0.1) is 18.9 Å². The molecule has 1 aliphatic rings. The molecule has 2 rings (SSSR count). The Bertz CT molecular complexity index is 608. The van der Waals surface area contributed by atoms with Crippen LogP contribution in [0.25, 0.3) is 0 Å². The summed E-state index contributed by atoms with van der Waals surface area (Å²) in [6, 6.07) is 6.24. The zero-order valence-electron chi connectivity index (χ0n) is 16.7. The molecule has 1 fully saturated rings. The van der Waals surface area contributed by atoms with E-state index in [9.17, 15) is 9.59 Å². The van der Waals surface area contributed by atoms with Gasteiger partial charge in [0, 0.05) is 33.0 Å². The van der Waals surface area contributed by atoms with Gasteiger partial charge in [0.1, 0.15) is 0 Å². The van der Waals surface area contributed by atoms with Crippen molar-refractivity contribution in [3.63, 3.8) is 0 Å². The van der Waals surface area contributed by atoms with Crippen molar-refractivity contribution in [2.75, 3.05) is 37.7 Å². The number of hydrogen-bond donors (Lipinski definition) is 0. The number of rotatable bonds is 6. The van der Waals surface area contributed by atoms with E-state index in [2.05, 4.69) is 45.9 Å². The minimum Gasteiger partial charge on any atom is -0.378 e. The lowest BCUT2D eigenvalue weighted by Gasteiger charge is -2.31. The molecule has 5 heteroatoms. The SMILES string of the molecule is CC(=O)N(CCC(=O)N1CCOCC1)c1c(C(C)C)cccc1C(C)C. The highest BCUT2D eigenvalue weighted by Gasteiger charge is 2.24. The standard InChI is InChI=1S/C21H32N2O3/c1-15(2)18-7-6-8-19(16(3)4)21(18)23(17(5)24)10-9-20(25)22-11-13-26-14-12-22/h6-8,15-16H,9-14H2,1-5H3. The van der Waals surface area contributed by atoms with E-state index < -0.39 is 0 Å². The largest absolute Gasteiger partial charge is 0.378 e. The number of ether oxygens (including phenoxy) is 1. The lowest BCUT2D eigenvalue weighted by Crippen LogP contribution is -2.42. The highest BCUT2D eigenvalue weighted by atomic mass is 16.5. The molecule has 0 atom stereocenters. The van der Waals surface area contributed by atoms with Crippen molar-refractivity contribution < 1.29 is 14.3 Å². The number of carbonyl (C=O) groups excluding carboxylic acids is 2. The number of morpholine rings is 1. The molecular formula is C21H32N2O3. The number of para-hydroxylation sites is 1. The highest BCUT2D eigenvalue weighted by molar-refractivity contribution is 5.94. The summed E-state index contributed by atoms with van der Waals surface area (Å²) in [5, 5.41) is 0. The summed E-state index contributed by atoms with van der Waals surface area (Å²) < 4.78 is 5.31. The first-order valence-corrected chi connectivity index (χ1v) is 9.59. The van der Waals surface area contributed by atoms with Crippen LogP contribution in [0.15, 0.2) is 18.2 Å². The van der Waals surface area contributed by atoms with E-state index in [0.29, 0.717) is 51.1 Å². The minimum atomic E-state index is -0.0187. The van der Waals surface area contributed by atoms with Crippen LogP contribution in [0, 0.1) is 0 Å². The lowest BCUT2D eigenvalue weighted by molar-refractivity contribution is -0.135. The monoisotopic (exact) mass is 360 g/mol.